The summed E-state index contributed by atoms with van der Waals surface area (Å²) in [6.07, 6.45) is 64.0. The number of nitrogens with one attached hydrogen (secondary N) is 1. The topological polar surface area (TPSA) is 108 Å². The molecular formula is C53H89N2O6P. The Morgan fingerprint density at radius 3 is 1.50 bits per heavy atom. The number of phosphoric ester groups is 1. The van der Waals surface area contributed by atoms with E-state index in [2.05, 4.69) is 129 Å². The number of carbonyl (C=O) groups excluding carboxylic acids is 1. The van der Waals surface area contributed by atoms with Crippen molar-refractivity contribution in [3.8, 4) is 0 Å². The molecule has 0 aromatic carbocycles. The number of carbonyl (C=O) groups is 1. The molecule has 1 amide bonds. The van der Waals surface area contributed by atoms with Crippen molar-refractivity contribution in [2.75, 3.05) is 40.9 Å². The Labute approximate surface area is 380 Å². The monoisotopic (exact) mass is 881 g/mol. The Bertz CT molecular complexity index is 1410. The fourth-order valence-electron chi connectivity index (χ4n) is 5.89. The van der Waals surface area contributed by atoms with Crippen molar-refractivity contribution in [3.05, 3.63) is 122 Å². The normalized spacial score (nSPS) is 15.3. The largest absolute Gasteiger partial charge is 0.756 e. The number of rotatable bonds is 41. The van der Waals surface area contributed by atoms with Gasteiger partial charge in [-0.1, -0.05) is 174 Å². The molecule has 0 spiro atoms. The van der Waals surface area contributed by atoms with Crippen LogP contribution < -0.4 is 10.2 Å². The highest BCUT2D eigenvalue weighted by Crippen LogP contribution is 2.38. The van der Waals surface area contributed by atoms with E-state index in [9.17, 15) is 19.4 Å². The molecule has 2 N–H and O–H groups in total. The fourth-order valence-corrected chi connectivity index (χ4v) is 6.61. The summed E-state index contributed by atoms with van der Waals surface area (Å²) < 4.78 is 23.2. The molecule has 0 fully saturated rings. The average molecular weight is 881 g/mol. The van der Waals surface area contributed by atoms with Crippen LogP contribution in [0, 0.1) is 0 Å². The van der Waals surface area contributed by atoms with Crippen molar-refractivity contribution in [2.45, 2.75) is 167 Å². The van der Waals surface area contributed by atoms with E-state index in [1.807, 2.05) is 27.2 Å². The van der Waals surface area contributed by atoms with Crippen LogP contribution in [-0.4, -0.2) is 68.5 Å². The van der Waals surface area contributed by atoms with Gasteiger partial charge in [-0.25, -0.2) is 0 Å². The smallest absolute Gasteiger partial charge is 0.268 e. The second-order valence-corrected chi connectivity index (χ2v) is 18.1. The number of phosphoric acid groups is 1. The highest BCUT2D eigenvalue weighted by molar-refractivity contribution is 7.45. The Morgan fingerprint density at radius 1 is 0.581 bits per heavy atom. The molecule has 352 valence electrons. The molecule has 3 atom stereocenters. The standard InChI is InChI=1S/C53H89N2O6P/c1-6-8-10-12-14-16-18-20-21-22-23-24-25-26-27-28-29-30-31-32-33-35-37-39-41-43-45-47-53(57)54-51(50-61-62(58,59)60-49-48-55(3,4)5)52(56)46-44-42-40-38-36-34-19-17-15-13-11-9-7-2/h8,10,14,16,20-21,23-24,26-27,29-30,32-33,36-39,44,46,51-52,56H,6-7,9,11-13,15,17-19,22,25,28,31,34-35,40-43,45,47-50H2,1-5H3,(H-,54,57,58,59)/b10-8-,16-14-,21-20-,24-23-,27-26-,30-29-,33-32-,38-36+,39-37-,46-44+. The van der Waals surface area contributed by atoms with E-state index < -0.39 is 26.6 Å². The molecule has 0 aliphatic heterocycles. The van der Waals surface area contributed by atoms with Gasteiger partial charge in [0.2, 0.25) is 5.91 Å². The zero-order valence-electron chi connectivity index (χ0n) is 39.8. The maximum Gasteiger partial charge on any atom is 0.268 e. The summed E-state index contributed by atoms with van der Waals surface area (Å²) in [6, 6.07) is -0.935. The van der Waals surface area contributed by atoms with E-state index in [1.165, 1.54) is 44.9 Å². The minimum absolute atomic E-state index is 0.0225. The Morgan fingerprint density at radius 2 is 1.00 bits per heavy atom. The highest BCUT2D eigenvalue weighted by Gasteiger charge is 2.23. The molecule has 0 aromatic rings. The van der Waals surface area contributed by atoms with Crippen LogP contribution in [0.3, 0.4) is 0 Å². The molecule has 0 saturated heterocycles. The number of amides is 1. The number of aliphatic hydroxyl groups excluding tert-OH is 1. The van der Waals surface area contributed by atoms with Gasteiger partial charge in [-0.05, 0) is 96.3 Å². The first-order valence-electron chi connectivity index (χ1n) is 23.9. The zero-order chi connectivity index (χ0) is 45.7. The van der Waals surface area contributed by atoms with Gasteiger partial charge in [-0.2, -0.15) is 0 Å². The van der Waals surface area contributed by atoms with E-state index in [4.69, 9.17) is 9.05 Å². The number of allylic oxidation sites excluding steroid dienone is 19. The van der Waals surface area contributed by atoms with Crippen LogP contribution >= 0.6 is 7.82 Å². The molecule has 0 saturated carbocycles. The summed E-state index contributed by atoms with van der Waals surface area (Å²) in [5, 5.41) is 13.7. The average Bonchev–Trinajstić information content (AvgIpc) is 3.23. The van der Waals surface area contributed by atoms with Gasteiger partial charge in [-0.3, -0.25) is 9.36 Å². The molecule has 62 heavy (non-hydrogen) atoms. The van der Waals surface area contributed by atoms with Crippen molar-refractivity contribution >= 4 is 13.7 Å². The van der Waals surface area contributed by atoms with Crippen LogP contribution in [0.15, 0.2) is 122 Å². The van der Waals surface area contributed by atoms with Crippen LogP contribution in [0.2, 0.25) is 0 Å². The van der Waals surface area contributed by atoms with Gasteiger partial charge in [0.05, 0.1) is 39.9 Å². The molecule has 3 unspecified atom stereocenters. The predicted molar refractivity (Wildman–Crippen MR) is 265 cm³/mol. The molecule has 0 radical (unpaired) electrons. The predicted octanol–water partition coefficient (Wildman–Crippen LogP) is 13.2. The van der Waals surface area contributed by atoms with E-state index in [-0.39, 0.29) is 18.9 Å². The molecular weight excluding hydrogens is 792 g/mol. The van der Waals surface area contributed by atoms with Crippen molar-refractivity contribution in [1.29, 1.82) is 0 Å². The summed E-state index contributed by atoms with van der Waals surface area (Å²) in [6.45, 7) is 4.43. The van der Waals surface area contributed by atoms with E-state index in [0.29, 0.717) is 17.4 Å². The molecule has 0 bridgehead atoms. The van der Waals surface area contributed by atoms with Crippen LogP contribution in [0.4, 0.5) is 0 Å². The summed E-state index contributed by atoms with van der Waals surface area (Å²) in [5.74, 6) is -0.257. The number of unbranched alkanes of at least 4 members (excludes halogenated alkanes) is 10. The third-order valence-corrected chi connectivity index (χ3v) is 10.6. The number of hydrogen-bond donors (Lipinski definition) is 2. The van der Waals surface area contributed by atoms with Crippen molar-refractivity contribution in [2.24, 2.45) is 0 Å². The zero-order valence-corrected chi connectivity index (χ0v) is 40.7. The Hall–Kier alpha value is -3.10. The lowest BCUT2D eigenvalue weighted by molar-refractivity contribution is -0.870. The number of hydrogen-bond acceptors (Lipinski definition) is 6. The first-order valence-corrected chi connectivity index (χ1v) is 25.4. The van der Waals surface area contributed by atoms with Gasteiger partial charge in [0.25, 0.3) is 7.82 Å². The van der Waals surface area contributed by atoms with Gasteiger partial charge in [0.1, 0.15) is 13.2 Å². The minimum atomic E-state index is -4.62. The lowest BCUT2D eigenvalue weighted by Crippen LogP contribution is -2.45. The first kappa shape index (κ1) is 58.9. The summed E-state index contributed by atoms with van der Waals surface area (Å²) in [7, 11) is 1.19. The number of aliphatic hydroxyl groups is 1. The van der Waals surface area contributed by atoms with E-state index >= 15 is 0 Å². The number of nitrogens with zero attached hydrogens (tertiary/aromatic N) is 1. The Kier molecular flexibility index (Phi) is 41.0. The lowest BCUT2D eigenvalue weighted by Gasteiger charge is -2.29. The van der Waals surface area contributed by atoms with Gasteiger partial charge >= 0.3 is 0 Å². The van der Waals surface area contributed by atoms with Crippen molar-refractivity contribution in [1.82, 2.24) is 5.32 Å². The quantitative estimate of drug-likeness (QED) is 0.0274. The molecule has 0 heterocycles. The maximum absolute atomic E-state index is 12.9. The molecule has 8 nitrogen and oxygen atoms in total. The second-order valence-electron chi connectivity index (χ2n) is 16.7. The van der Waals surface area contributed by atoms with Gasteiger partial charge in [-0.15, -0.1) is 0 Å². The van der Waals surface area contributed by atoms with E-state index in [1.54, 1.807) is 6.08 Å². The number of likely N-dealkylation sites (N-methyl/N-ethyl adjacent to an activating group) is 1. The third-order valence-electron chi connectivity index (χ3n) is 9.66. The van der Waals surface area contributed by atoms with Crippen molar-refractivity contribution in [3.63, 3.8) is 0 Å². The van der Waals surface area contributed by atoms with Crippen LogP contribution in [0.25, 0.3) is 0 Å². The van der Waals surface area contributed by atoms with E-state index in [0.717, 1.165) is 83.5 Å². The first-order chi connectivity index (χ1) is 30.0. The SMILES string of the molecule is CC/C=C\C/C=C\C/C=C\C/C=C\C/C=C\C/C=C\C/C=C\C/C=C\CCCCC(=O)NC(COP(=O)([O-])OCC[N+](C)(C)C)C(O)/C=C/CC/C=C/CCCCCCCCC. The van der Waals surface area contributed by atoms with Crippen LogP contribution in [0.5, 0.6) is 0 Å². The van der Waals surface area contributed by atoms with Crippen LogP contribution in [-0.2, 0) is 18.4 Å². The molecule has 0 aromatic heterocycles. The van der Waals surface area contributed by atoms with Gasteiger partial charge < -0.3 is 28.8 Å². The summed E-state index contributed by atoms with van der Waals surface area (Å²) >= 11 is 0. The molecule has 0 rings (SSSR count). The molecule has 0 aliphatic carbocycles. The van der Waals surface area contributed by atoms with Gasteiger partial charge in [0, 0.05) is 6.42 Å². The maximum atomic E-state index is 12.9. The summed E-state index contributed by atoms with van der Waals surface area (Å²) in [4.78, 5) is 25.3. The third kappa shape index (κ3) is 44.9. The molecule has 0 aliphatic rings. The lowest BCUT2D eigenvalue weighted by atomic mass is 10.1. The summed E-state index contributed by atoms with van der Waals surface area (Å²) in [5.41, 5.74) is 0. The van der Waals surface area contributed by atoms with Crippen molar-refractivity contribution < 1.29 is 32.9 Å². The fraction of sp³-hybridized carbons (Fsp3) is 0.604. The minimum Gasteiger partial charge on any atom is -0.756 e. The highest BCUT2D eigenvalue weighted by atomic mass is 31.2. The van der Waals surface area contributed by atoms with Gasteiger partial charge in [0.15, 0.2) is 0 Å². The number of quaternary nitrogens is 1. The Balaban J connectivity index is 4.47. The molecule has 9 heteroatoms. The second kappa shape index (κ2) is 43.2. The van der Waals surface area contributed by atoms with Crippen LogP contribution in [0.1, 0.15) is 155 Å².